The molecular weight excluding hydrogens is 250 g/mol. The molecule has 0 radical (unpaired) electrons. The van der Waals surface area contributed by atoms with E-state index in [0.717, 1.165) is 18.7 Å². The van der Waals surface area contributed by atoms with Crippen molar-refractivity contribution < 1.29 is 0 Å². The second-order valence-electron chi connectivity index (χ2n) is 5.45. The Bertz CT molecular complexity index is 506. The Hall–Kier alpha value is -1.75. The lowest BCUT2D eigenvalue weighted by molar-refractivity contribution is 0.422. The monoisotopic (exact) mass is 273 g/mol. The Kier molecular flexibility index (Phi) is 5.24. The number of nitrogens with zero attached hydrogens (tertiary/aromatic N) is 4. The number of hydrogen-bond acceptors (Lipinski definition) is 4. The number of aryl methyl sites for hydroxylation is 1. The minimum absolute atomic E-state index is 0.300. The predicted molar refractivity (Wildman–Crippen MR) is 79.3 cm³/mol. The molecule has 0 aliphatic heterocycles. The maximum absolute atomic E-state index is 4.12. The molecule has 0 saturated carbocycles. The average Bonchev–Trinajstić information content (AvgIpc) is 2.92. The fourth-order valence-electron chi connectivity index (χ4n) is 2.11. The molecule has 0 fully saturated rings. The van der Waals surface area contributed by atoms with Gasteiger partial charge in [-0.2, -0.15) is 0 Å². The Labute approximate surface area is 120 Å². The summed E-state index contributed by atoms with van der Waals surface area (Å²) < 4.78 is 1.93. The van der Waals surface area contributed by atoms with Crippen LogP contribution in [0, 0.1) is 0 Å². The molecule has 2 rings (SSSR count). The summed E-state index contributed by atoms with van der Waals surface area (Å²) in [5.41, 5.74) is 1.36. The van der Waals surface area contributed by atoms with E-state index in [1.54, 1.807) is 0 Å². The summed E-state index contributed by atoms with van der Waals surface area (Å²) in [6, 6.07) is 11.3. The number of rotatable bonds is 7. The lowest BCUT2D eigenvalue weighted by Crippen LogP contribution is -2.25. The minimum atomic E-state index is 0.300. The highest BCUT2D eigenvalue weighted by Crippen LogP contribution is 2.14. The van der Waals surface area contributed by atoms with Gasteiger partial charge in [0.25, 0.3) is 0 Å². The molecule has 1 heterocycles. The number of aromatic nitrogens is 4. The zero-order chi connectivity index (χ0) is 14.4. The van der Waals surface area contributed by atoms with Crippen LogP contribution in [0.15, 0.2) is 30.3 Å². The van der Waals surface area contributed by atoms with Gasteiger partial charge in [0.15, 0.2) is 5.82 Å². The van der Waals surface area contributed by atoms with Gasteiger partial charge in [-0.25, -0.2) is 4.68 Å². The van der Waals surface area contributed by atoms with Crippen LogP contribution in [-0.2, 0) is 13.0 Å². The van der Waals surface area contributed by atoms with Crippen molar-refractivity contribution in [2.45, 2.75) is 52.2 Å². The van der Waals surface area contributed by atoms with E-state index in [4.69, 9.17) is 0 Å². The van der Waals surface area contributed by atoms with E-state index in [1.807, 2.05) is 10.7 Å². The molecule has 5 heteroatoms. The summed E-state index contributed by atoms with van der Waals surface area (Å²) in [5.74, 6) is 0.902. The molecule has 1 atom stereocenters. The van der Waals surface area contributed by atoms with Crippen LogP contribution in [0.1, 0.15) is 44.6 Å². The van der Waals surface area contributed by atoms with Gasteiger partial charge in [-0.1, -0.05) is 44.2 Å². The molecule has 0 amide bonds. The van der Waals surface area contributed by atoms with Crippen molar-refractivity contribution in [2.24, 2.45) is 0 Å². The van der Waals surface area contributed by atoms with Crippen molar-refractivity contribution in [3.8, 4) is 0 Å². The van der Waals surface area contributed by atoms with Gasteiger partial charge in [-0.3, -0.25) is 0 Å². The maximum atomic E-state index is 4.12. The van der Waals surface area contributed by atoms with Crippen molar-refractivity contribution in [3.05, 3.63) is 41.7 Å². The summed E-state index contributed by atoms with van der Waals surface area (Å²) in [4.78, 5) is 0. The van der Waals surface area contributed by atoms with Gasteiger partial charge < -0.3 is 5.32 Å². The van der Waals surface area contributed by atoms with E-state index < -0.39 is 0 Å². The van der Waals surface area contributed by atoms with E-state index in [-0.39, 0.29) is 0 Å². The van der Waals surface area contributed by atoms with Crippen molar-refractivity contribution in [1.82, 2.24) is 25.5 Å². The summed E-state index contributed by atoms with van der Waals surface area (Å²) in [5, 5.41) is 15.4. The van der Waals surface area contributed by atoms with Gasteiger partial charge >= 0.3 is 0 Å². The van der Waals surface area contributed by atoms with Gasteiger partial charge in [0.2, 0.25) is 0 Å². The smallest absolute Gasteiger partial charge is 0.165 e. The third kappa shape index (κ3) is 4.13. The third-order valence-electron chi connectivity index (χ3n) is 3.34. The summed E-state index contributed by atoms with van der Waals surface area (Å²) in [6.45, 7) is 7.11. The lowest BCUT2D eigenvalue weighted by Gasteiger charge is -2.14. The number of nitrogens with one attached hydrogen (secondary N) is 1. The van der Waals surface area contributed by atoms with E-state index in [1.165, 1.54) is 5.56 Å². The molecule has 1 unspecified atom stereocenters. The van der Waals surface area contributed by atoms with Gasteiger partial charge in [0.05, 0.1) is 12.6 Å². The standard InChI is InChI=1S/C15H23N5/c1-12(2)16-11-15-17-18-19-20(15)13(3)9-10-14-7-5-4-6-8-14/h4-8,12-13,16H,9-11H2,1-3H3. The van der Waals surface area contributed by atoms with E-state index in [9.17, 15) is 0 Å². The van der Waals surface area contributed by atoms with Crippen LogP contribution in [0.3, 0.4) is 0 Å². The molecule has 108 valence electrons. The van der Waals surface area contributed by atoms with Crippen LogP contribution in [-0.4, -0.2) is 26.2 Å². The highest BCUT2D eigenvalue weighted by molar-refractivity contribution is 5.14. The molecule has 0 aliphatic rings. The molecule has 2 aromatic rings. The first-order chi connectivity index (χ1) is 9.66. The van der Waals surface area contributed by atoms with E-state index in [0.29, 0.717) is 18.6 Å². The first kappa shape index (κ1) is 14.7. The molecule has 20 heavy (non-hydrogen) atoms. The summed E-state index contributed by atoms with van der Waals surface area (Å²) in [6.07, 6.45) is 2.07. The molecule has 0 saturated heterocycles. The van der Waals surface area contributed by atoms with Crippen LogP contribution in [0.5, 0.6) is 0 Å². The lowest BCUT2D eigenvalue weighted by atomic mass is 10.1. The second kappa shape index (κ2) is 7.14. The summed E-state index contributed by atoms with van der Waals surface area (Å²) in [7, 11) is 0. The predicted octanol–water partition coefficient (Wildman–Crippen LogP) is 2.36. The molecule has 0 spiro atoms. The van der Waals surface area contributed by atoms with Gasteiger partial charge in [-0.05, 0) is 35.8 Å². The first-order valence-corrected chi connectivity index (χ1v) is 7.21. The van der Waals surface area contributed by atoms with Crippen molar-refractivity contribution in [3.63, 3.8) is 0 Å². The normalized spacial score (nSPS) is 12.8. The molecule has 1 aromatic carbocycles. The van der Waals surface area contributed by atoms with Crippen LogP contribution >= 0.6 is 0 Å². The molecular formula is C15H23N5. The Morgan fingerprint density at radius 3 is 2.60 bits per heavy atom. The fraction of sp³-hybridized carbons (Fsp3) is 0.533. The first-order valence-electron chi connectivity index (χ1n) is 7.21. The van der Waals surface area contributed by atoms with Gasteiger partial charge in [-0.15, -0.1) is 5.10 Å². The van der Waals surface area contributed by atoms with Crippen LogP contribution in [0.4, 0.5) is 0 Å². The largest absolute Gasteiger partial charge is 0.308 e. The second-order valence-corrected chi connectivity index (χ2v) is 5.45. The zero-order valence-corrected chi connectivity index (χ0v) is 12.5. The van der Waals surface area contributed by atoms with Crippen LogP contribution < -0.4 is 5.32 Å². The van der Waals surface area contributed by atoms with Crippen LogP contribution in [0.25, 0.3) is 0 Å². The Morgan fingerprint density at radius 2 is 1.90 bits per heavy atom. The van der Waals surface area contributed by atoms with Crippen molar-refractivity contribution in [2.75, 3.05) is 0 Å². The molecule has 1 N–H and O–H groups in total. The number of tetrazole rings is 1. The zero-order valence-electron chi connectivity index (χ0n) is 12.5. The quantitative estimate of drug-likeness (QED) is 0.841. The Morgan fingerprint density at radius 1 is 1.15 bits per heavy atom. The molecule has 0 bridgehead atoms. The van der Waals surface area contributed by atoms with E-state index >= 15 is 0 Å². The molecule has 5 nitrogen and oxygen atoms in total. The highest BCUT2D eigenvalue weighted by Gasteiger charge is 2.13. The summed E-state index contributed by atoms with van der Waals surface area (Å²) >= 11 is 0. The number of hydrogen-bond donors (Lipinski definition) is 1. The Balaban J connectivity index is 1.92. The van der Waals surface area contributed by atoms with Crippen molar-refractivity contribution >= 4 is 0 Å². The third-order valence-corrected chi connectivity index (χ3v) is 3.34. The van der Waals surface area contributed by atoms with Crippen LogP contribution in [0.2, 0.25) is 0 Å². The molecule has 0 aliphatic carbocycles. The van der Waals surface area contributed by atoms with Gasteiger partial charge in [0, 0.05) is 6.04 Å². The minimum Gasteiger partial charge on any atom is -0.308 e. The van der Waals surface area contributed by atoms with Gasteiger partial charge in [0.1, 0.15) is 0 Å². The number of benzene rings is 1. The average molecular weight is 273 g/mol. The fourth-order valence-corrected chi connectivity index (χ4v) is 2.11. The molecule has 1 aromatic heterocycles. The highest BCUT2D eigenvalue weighted by atomic mass is 15.6. The topological polar surface area (TPSA) is 55.6 Å². The van der Waals surface area contributed by atoms with Crippen molar-refractivity contribution in [1.29, 1.82) is 0 Å². The van der Waals surface area contributed by atoms with E-state index in [2.05, 4.69) is 65.9 Å². The maximum Gasteiger partial charge on any atom is 0.165 e. The SMILES string of the molecule is CC(C)NCc1nnnn1C(C)CCc1ccccc1.